The van der Waals surface area contributed by atoms with Crippen molar-refractivity contribution in [2.45, 2.75) is 37.4 Å². The molecule has 0 aromatic rings. The molecule has 3 atom stereocenters. The third-order valence-electron chi connectivity index (χ3n) is 4.43. The van der Waals surface area contributed by atoms with Gasteiger partial charge in [0.05, 0.1) is 32.1 Å². The Morgan fingerprint density at radius 3 is 1.84 bits per heavy atom. The Balaban J connectivity index is 4.94. The van der Waals surface area contributed by atoms with Crippen LogP contribution in [0.25, 0.3) is 0 Å². The lowest BCUT2D eigenvalue weighted by Gasteiger charge is -2.19. The molecule has 19 heteroatoms. The molecule has 0 saturated carbocycles. The largest absolute Gasteiger partial charge is 0.481 e. The molecule has 0 spiro atoms. The Hall–Kier alpha value is -4.13. The van der Waals surface area contributed by atoms with Gasteiger partial charge < -0.3 is 54.0 Å². The Bertz CT molecular complexity index is 912. The fourth-order valence-corrected chi connectivity index (χ4v) is 2.72. The van der Waals surface area contributed by atoms with Crippen molar-refractivity contribution in [3.05, 3.63) is 0 Å². The minimum absolute atomic E-state index is 0.0123. The highest BCUT2D eigenvalue weighted by molar-refractivity contribution is 7.80. The fraction of sp³-hybridized carbons (Fsp3) is 0.579. The second-order valence-corrected chi connectivity index (χ2v) is 7.99. The summed E-state index contributed by atoms with van der Waals surface area (Å²) in [4.78, 5) is 85.7. The first kappa shape index (κ1) is 33.9. The van der Waals surface area contributed by atoms with Gasteiger partial charge in [-0.1, -0.05) is 0 Å². The summed E-state index contributed by atoms with van der Waals surface area (Å²) >= 11 is 3.86. The molecule has 5 amide bonds. The van der Waals surface area contributed by atoms with Crippen LogP contribution in [0.3, 0.4) is 0 Å². The molecule has 0 aliphatic rings. The van der Waals surface area contributed by atoms with E-state index in [1.807, 2.05) is 5.32 Å². The van der Waals surface area contributed by atoms with E-state index >= 15 is 0 Å². The molecule has 18 nitrogen and oxygen atoms in total. The fourth-order valence-electron chi connectivity index (χ4n) is 2.55. The van der Waals surface area contributed by atoms with Crippen LogP contribution in [-0.2, 0) is 33.6 Å². The first-order valence-electron chi connectivity index (χ1n) is 11.0. The van der Waals surface area contributed by atoms with Gasteiger partial charge in [-0.05, 0) is 12.8 Å². The number of guanidine groups is 1. The molecule has 0 unspecified atom stereocenters. The SMILES string of the molecule is NC(N)=NCCC[C@H](NC(=O)CNC(=O)CNC(=O)[C@@H](N)CS)C(=O)NCC(=O)N[C@@H](CC(=O)O)C(=O)O. The summed E-state index contributed by atoms with van der Waals surface area (Å²) in [6, 6.07) is -3.83. The molecule has 0 aromatic carbocycles. The number of aliphatic carboxylic acids is 2. The number of carbonyl (C=O) groups is 7. The smallest absolute Gasteiger partial charge is 0.326 e. The zero-order valence-electron chi connectivity index (χ0n) is 20.3. The van der Waals surface area contributed by atoms with Crippen LogP contribution in [0.5, 0.6) is 0 Å². The molecule has 13 N–H and O–H groups in total. The molecule has 214 valence electrons. The van der Waals surface area contributed by atoms with Gasteiger partial charge in [-0.15, -0.1) is 0 Å². The van der Waals surface area contributed by atoms with Gasteiger partial charge >= 0.3 is 11.9 Å². The first-order chi connectivity index (χ1) is 17.8. The molecule has 0 bridgehead atoms. The van der Waals surface area contributed by atoms with Crippen LogP contribution in [0, 0.1) is 0 Å². The summed E-state index contributed by atoms with van der Waals surface area (Å²) in [5.74, 6) is -7.08. The van der Waals surface area contributed by atoms with Crippen molar-refractivity contribution < 1.29 is 43.8 Å². The van der Waals surface area contributed by atoms with Crippen molar-refractivity contribution >= 4 is 60.1 Å². The average molecular weight is 564 g/mol. The molecule has 0 saturated heterocycles. The highest BCUT2D eigenvalue weighted by atomic mass is 32.1. The highest BCUT2D eigenvalue weighted by Gasteiger charge is 2.25. The van der Waals surface area contributed by atoms with Gasteiger partial charge in [0, 0.05) is 12.3 Å². The second-order valence-electron chi connectivity index (χ2n) is 7.63. The number of amides is 5. The van der Waals surface area contributed by atoms with Gasteiger partial charge in [0.1, 0.15) is 12.1 Å². The number of carboxylic acids is 2. The summed E-state index contributed by atoms with van der Waals surface area (Å²) in [6.07, 6.45) is -0.639. The Kier molecular flexibility index (Phi) is 16.2. The number of hydrogen-bond acceptors (Lipinski definition) is 10. The zero-order chi connectivity index (χ0) is 29.3. The van der Waals surface area contributed by atoms with Crippen molar-refractivity contribution in [1.82, 2.24) is 26.6 Å². The quantitative estimate of drug-likeness (QED) is 0.0321. The minimum Gasteiger partial charge on any atom is -0.481 e. The normalized spacial score (nSPS) is 12.6. The van der Waals surface area contributed by atoms with E-state index < -0.39 is 85.7 Å². The number of nitrogens with two attached hydrogens (primary N) is 3. The van der Waals surface area contributed by atoms with Gasteiger partial charge in [0.2, 0.25) is 29.5 Å². The summed E-state index contributed by atoms with van der Waals surface area (Å²) in [5.41, 5.74) is 15.9. The van der Waals surface area contributed by atoms with Crippen LogP contribution < -0.4 is 43.8 Å². The number of hydrogen-bond donors (Lipinski definition) is 11. The summed E-state index contributed by atoms with van der Waals surface area (Å²) < 4.78 is 0. The molecule has 0 rings (SSSR count). The van der Waals surface area contributed by atoms with Crippen molar-refractivity contribution in [1.29, 1.82) is 0 Å². The maximum absolute atomic E-state index is 12.6. The monoisotopic (exact) mass is 563 g/mol. The molecule has 38 heavy (non-hydrogen) atoms. The third-order valence-corrected chi connectivity index (χ3v) is 4.83. The van der Waals surface area contributed by atoms with Crippen LogP contribution in [0.4, 0.5) is 0 Å². The summed E-state index contributed by atoms with van der Waals surface area (Å²) in [6.45, 7) is -1.61. The molecule has 0 aliphatic carbocycles. The van der Waals surface area contributed by atoms with Crippen LogP contribution >= 0.6 is 12.6 Å². The predicted molar refractivity (Wildman–Crippen MR) is 135 cm³/mol. The Morgan fingerprint density at radius 2 is 1.32 bits per heavy atom. The van der Waals surface area contributed by atoms with E-state index in [0.29, 0.717) is 0 Å². The van der Waals surface area contributed by atoms with Crippen LogP contribution in [-0.4, -0.2) is 108 Å². The second kappa shape index (κ2) is 18.2. The van der Waals surface area contributed by atoms with E-state index in [0.717, 1.165) is 0 Å². The maximum Gasteiger partial charge on any atom is 0.326 e. The predicted octanol–water partition coefficient (Wildman–Crippen LogP) is -5.83. The Labute approximate surface area is 222 Å². The van der Waals surface area contributed by atoms with Gasteiger partial charge in [-0.2, -0.15) is 12.6 Å². The molecule has 0 radical (unpaired) electrons. The number of thiol groups is 1. The summed E-state index contributed by atoms with van der Waals surface area (Å²) in [5, 5.41) is 28.7. The van der Waals surface area contributed by atoms with Crippen molar-refractivity contribution in [3.63, 3.8) is 0 Å². The van der Waals surface area contributed by atoms with Gasteiger partial charge in [-0.3, -0.25) is 33.8 Å². The van der Waals surface area contributed by atoms with Gasteiger partial charge in [0.25, 0.3) is 0 Å². The number of nitrogens with one attached hydrogen (secondary N) is 5. The number of nitrogens with zero attached hydrogens (tertiary/aromatic N) is 1. The number of aliphatic imine (C=N–C) groups is 1. The standard InChI is InChI=1S/C19H33N9O9S/c20-9(8-38)16(34)25-5-12(29)24-6-13(30)27-10(2-1-3-23-19(21)22)17(35)26-7-14(31)28-11(18(36)37)4-15(32)33/h9-11,38H,1-8,20H2,(H,24,29)(H,25,34)(H,26,35)(H,27,30)(H,28,31)(H,32,33)(H,36,37)(H4,21,22,23)/t9-,10-,11-/m0/s1. The lowest BCUT2D eigenvalue weighted by molar-refractivity contribution is -0.147. The summed E-state index contributed by atoms with van der Waals surface area (Å²) in [7, 11) is 0. The molecule has 0 heterocycles. The molecule has 0 aromatic heterocycles. The van der Waals surface area contributed by atoms with Crippen LogP contribution in [0.15, 0.2) is 4.99 Å². The van der Waals surface area contributed by atoms with Gasteiger partial charge in [0.15, 0.2) is 5.96 Å². The topological polar surface area (TPSA) is 311 Å². The van der Waals surface area contributed by atoms with E-state index in [4.69, 9.17) is 27.4 Å². The number of rotatable bonds is 18. The number of carboxylic acid groups (broad SMARTS) is 2. The highest BCUT2D eigenvalue weighted by Crippen LogP contribution is 1.99. The van der Waals surface area contributed by atoms with Crippen molar-refractivity contribution in [2.24, 2.45) is 22.2 Å². The number of carbonyl (C=O) groups excluding carboxylic acids is 5. The lowest BCUT2D eigenvalue weighted by Crippen LogP contribution is -2.52. The van der Waals surface area contributed by atoms with Crippen LogP contribution in [0.1, 0.15) is 19.3 Å². The Morgan fingerprint density at radius 1 is 0.789 bits per heavy atom. The minimum atomic E-state index is -1.71. The van der Waals surface area contributed by atoms with E-state index in [2.05, 4.69) is 38.9 Å². The van der Waals surface area contributed by atoms with E-state index in [1.54, 1.807) is 0 Å². The lowest BCUT2D eigenvalue weighted by atomic mass is 10.1. The molecule has 0 aliphatic heterocycles. The van der Waals surface area contributed by atoms with Crippen LogP contribution in [0.2, 0.25) is 0 Å². The molecular weight excluding hydrogens is 530 g/mol. The van der Waals surface area contributed by atoms with Crippen molar-refractivity contribution in [3.8, 4) is 0 Å². The van der Waals surface area contributed by atoms with Crippen molar-refractivity contribution in [2.75, 3.05) is 31.9 Å². The molecular formula is C19H33N9O9S. The molecule has 0 fully saturated rings. The van der Waals surface area contributed by atoms with Gasteiger partial charge in [-0.25, -0.2) is 4.79 Å². The third kappa shape index (κ3) is 15.8. The van der Waals surface area contributed by atoms with E-state index in [1.165, 1.54) is 0 Å². The zero-order valence-corrected chi connectivity index (χ0v) is 21.2. The average Bonchev–Trinajstić information content (AvgIpc) is 2.84. The first-order valence-corrected chi connectivity index (χ1v) is 11.7. The van der Waals surface area contributed by atoms with E-state index in [-0.39, 0.29) is 31.1 Å². The maximum atomic E-state index is 12.6. The van der Waals surface area contributed by atoms with E-state index in [9.17, 15) is 33.6 Å².